The van der Waals surface area contributed by atoms with Crippen LogP contribution >= 0.6 is 0 Å². The molecule has 0 fully saturated rings. The molecular formula is C15H22FNO3. The molecule has 20 heavy (non-hydrogen) atoms. The van der Waals surface area contributed by atoms with Crippen LogP contribution in [0.25, 0.3) is 0 Å². The number of nitrogens with one attached hydrogen (secondary N) is 1. The van der Waals surface area contributed by atoms with Crippen LogP contribution in [0.15, 0.2) is 24.3 Å². The maximum atomic E-state index is 13.3. The average Bonchev–Trinajstić information content (AvgIpc) is 2.45. The lowest BCUT2D eigenvalue weighted by atomic mass is 9.97. The number of hydrogen-bond donors (Lipinski definition) is 2. The van der Waals surface area contributed by atoms with Crippen LogP contribution in [-0.4, -0.2) is 30.3 Å². The van der Waals surface area contributed by atoms with Gasteiger partial charge in [-0.25, -0.2) is 4.39 Å². The number of para-hydroxylation sites is 1. The molecule has 1 rings (SSSR count). The zero-order valence-electron chi connectivity index (χ0n) is 11.9. The fourth-order valence-corrected chi connectivity index (χ4v) is 1.97. The molecule has 1 amide bonds. The van der Waals surface area contributed by atoms with Crippen molar-refractivity contribution in [2.24, 2.45) is 5.92 Å². The Kier molecular flexibility index (Phi) is 7.01. The Bertz CT molecular complexity index is 421. The highest BCUT2D eigenvalue weighted by atomic mass is 19.1. The zero-order valence-corrected chi connectivity index (χ0v) is 11.9. The van der Waals surface area contributed by atoms with E-state index in [0.29, 0.717) is 0 Å². The summed E-state index contributed by atoms with van der Waals surface area (Å²) in [5, 5.41) is 12.5. The summed E-state index contributed by atoms with van der Waals surface area (Å²) >= 11 is 0. The van der Waals surface area contributed by atoms with E-state index in [9.17, 15) is 14.3 Å². The maximum absolute atomic E-state index is 13.3. The minimum Gasteiger partial charge on any atom is -0.481 e. The van der Waals surface area contributed by atoms with Gasteiger partial charge in [0.25, 0.3) is 5.91 Å². The monoisotopic (exact) mass is 283 g/mol. The number of benzene rings is 1. The average molecular weight is 283 g/mol. The molecule has 1 aromatic rings. The van der Waals surface area contributed by atoms with E-state index in [1.54, 1.807) is 12.1 Å². The topological polar surface area (TPSA) is 58.6 Å². The van der Waals surface area contributed by atoms with E-state index in [0.717, 1.165) is 12.8 Å². The summed E-state index contributed by atoms with van der Waals surface area (Å²) in [6.07, 6.45) is 1.15. The Hall–Kier alpha value is -1.62. The van der Waals surface area contributed by atoms with Gasteiger partial charge in [0.15, 0.2) is 18.2 Å². The molecule has 112 valence electrons. The van der Waals surface area contributed by atoms with Crippen molar-refractivity contribution in [2.45, 2.75) is 32.8 Å². The van der Waals surface area contributed by atoms with Gasteiger partial charge in [-0.15, -0.1) is 0 Å². The zero-order chi connectivity index (χ0) is 15.0. The molecule has 1 atom stereocenters. The summed E-state index contributed by atoms with van der Waals surface area (Å²) in [7, 11) is 0. The summed E-state index contributed by atoms with van der Waals surface area (Å²) in [5.41, 5.74) is 0. The second-order valence-corrected chi connectivity index (χ2v) is 4.67. The highest BCUT2D eigenvalue weighted by Crippen LogP contribution is 2.15. The van der Waals surface area contributed by atoms with Crippen molar-refractivity contribution in [3.8, 4) is 5.75 Å². The van der Waals surface area contributed by atoms with Crippen molar-refractivity contribution in [3.05, 3.63) is 30.1 Å². The molecular weight excluding hydrogens is 261 g/mol. The van der Waals surface area contributed by atoms with Crippen molar-refractivity contribution in [3.63, 3.8) is 0 Å². The van der Waals surface area contributed by atoms with Gasteiger partial charge >= 0.3 is 0 Å². The standard InChI is InChI=1S/C15H22FNO3/c1-3-11(4-2)13(18)9-17-15(19)10-20-14-8-6-5-7-12(14)16/h5-8,11,13,18H,3-4,9-10H2,1-2H3,(H,17,19). The number of halogens is 1. The molecule has 0 aromatic heterocycles. The Morgan fingerprint density at radius 3 is 2.60 bits per heavy atom. The van der Waals surface area contributed by atoms with Crippen LogP contribution in [0, 0.1) is 11.7 Å². The van der Waals surface area contributed by atoms with Gasteiger partial charge in [-0.3, -0.25) is 4.79 Å². The normalized spacial score (nSPS) is 12.2. The maximum Gasteiger partial charge on any atom is 0.258 e. The molecule has 0 radical (unpaired) electrons. The molecule has 0 bridgehead atoms. The van der Waals surface area contributed by atoms with E-state index in [-0.39, 0.29) is 30.7 Å². The van der Waals surface area contributed by atoms with Crippen LogP contribution in [0.3, 0.4) is 0 Å². The third-order valence-corrected chi connectivity index (χ3v) is 3.30. The van der Waals surface area contributed by atoms with Crippen molar-refractivity contribution in [1.29, 1.82) is 0 Å². The van der Waals surface area contributed by atoms with Crippen LogP contribution in [-0.2, 0) is 4.79 Å². The van der Waals surface area contributed by atoms with Crippen LogP contribution in [0.1, 0.15) is 26.7 Å². The van der Waals surface area contributed by atoms with Crippen molar-refractivity contribution >= 4 is 5.91 Å². The number of ether oxygens (including phenoxy) is 1. The number of carbonyl (C=O) groups excluding carboxylic acids is 1. The van der Waals surface area contributed by atoms with Crippen molar-refractivity contribution < 1.29 is 19.0 Å². The highest BCUT2D eigenvalue weighted by molar-refractivity contribution is 5.77. The molecule has 2 N–H and O–H groups in total. The molecule has 5 heteroatoms. The molecule has 0 aliphatic rings. The van der Waals surface area contributed by atoms with Crippen molar-refractivity contribution in [2.75, 3.05) is 13.2 Å². The lowest BCUT2D eigenvalue weighted by molar-refractivity contribution is -0.123. The minimum absolute atomic E-state index is 0.0446. The van der Waals surface area contributed by atoms with E-state index < -0.39 is 11.9 Å². The lowest BCUT2D eigenvalue weighted by Crippen LogP contribution is -2.38. The van der Waals surface area contributed by atoms with Crippen LogP contribution in [0.2, 0.25) is 0 Å². The SMILES string of the molecule is CCC(CC)C(O)CNC(=O)COc1ccccc1F. The Morgan fingerprint density at radius 2 is 2.00 bits per heavy atom. The van der Waals surface area contributed by atoms with Crippen LogP contribution in [0.4, 0.5) is 4.39 Å². The third-order valence-electron chi connectivity index (χ3n) is 3.30. The fraction of sp³-hybridized carbons (Fsp3) is 0.533. The van der Waals surface area contributed by atoms with Gasteiger partial charge in [-0.2, -0.15) is 0 Å². The first kappa shape index (κ1) is 16.4. The van der Waals surface area contributed by atoms with E-state index >= 15 is 0 Å². The van der Waals surface area contributed by atoms with Gasteiger partial charge in [0, 0.05) is 6.54 Å². The number of carbonyl (C=O) groups is 1. The molecule has 4 nitrogen and oxygen atoms in total. The van der Waals surface area contributed by atoms with Crippen LogP contribution in [0.5, 0.6) is 5.75 Å². The first-order chi connectivity index (χ1) is 9.58. The first-order valence-electron chi connectivity index (χ1n) is 6.90. The Labute approximate surface area is 119 Å². The number of amides is 1. The van der Waals surface area contributed by atoms with Gasteiger partial charge in [0.1, 0.15) is 0 Å². The van der Waals surface area contributed by atoms with Gasteiger partial charge in [0.2, 0.25) is 0 Å². The highest BCUT2D eigenvalue weighted by Gasteiger charge is 2.16. The first-order valence-corrected chi connectivity index (χ1v) is 6.90. The van der Waals surface area contributed by atoms with E-state index in [1.165, 1.54) is 12.1 Å². The van der Waals surface area contributed by atoms with Gasteiger partial charge < -0.3 is 15.2 Å². The molecule has 1 unspecified atom stereocenters. The third kappa shape index (κ3) is 5.17. The quantitative estimate of drug-likeness (QED) is 0.768. The summed E-state index contributed by atoms with van der Waals surface area (Å²) in [5.74, 6) is -0.665. The molecule has 0 spiro atoms. The number of aliphatic hydroxyl groups excluding tert-OH is 1. The van der Waals surface area contributed by atoms with Crippen molar-refractivity contribution in [1.82, 2.24) is 5.32 Å². The summed E-state index contributed by atoms with van der Waals surface area (Å²) in [4.78, 5) is 11.6. The Morgan fingerprint density at radius 1 is 1.35 bits per heavy atom. The number of hydrogen-bond acceptors (Lipinski definition) is 3. The predicted molar refractivity (Wildman–Crippen MR) is 75.0 cm³/mol. The van der Waals surface area contributed by atoms with E-state index in [2.05, 4.69) is 5.32 Å². The smallest absolute Gasteiger partial charge is 0.258 e. The molecule has 0 saturated heterocycles. The van der Waals surface area contributed by atoms with Crippen LogP contribution < -0.4 is 10.1 Å². The van der Waals surface area contributed by atoms with E-state index in [4.69, 9.17) is 4.74 Å². The lowest BCUT2D eigenvalue weighted by Gasteiger charge is -2.20. The van der Waals surface area contributed by atoms with Gasteiger partial charge in [0.05, 0.1) is 6.10 Å². The minimum atomic E-state index is -0.567. The molecule has 0 aliphatic carbocycles. The summed E-state index contributed by atoms with van der Waals surface area (Å²) in [6, 6.07) is 5.91. The summed E-state index contributed by atoms with van der Waals surface area (Å²) < 4.78 is 18.3. The summed E-state index contributed by atoms with van der Waals surface area (Å²) in [6.45, 7) is 3.92. The second-order valence-electron chi connectivity index (χ2n) is 4.67. The number of rotatable bonds is 8. The largest absolute Gasteiger partial charge is 0.481 e. The molecule has 0 saturated carbocycles. The van der Waals surface area contributed by atoms with Gasteiger partial charge in [-0.05, 0) is 18.1 Å². The molecule has 1 aromatic carbocycles. The fourth-order valence-electron chi connectivity index (χ4n) is 1.97. The molecule has 0 aliphatic heterocycles. The predicted octanol–water partition coefficient (Wildman–Crippen LogP) is 2.12. The number of aliphatic hydroxyl groups is 1. The molecule has 0 heterocycles. The van der Waals surface area contributed by atoms with E-state index in [1.807, 2.05) is 13.8 Å². The Balaban J connectivity index is 2.32. The second kappa shape index (κ2) is 8.53. The van der Waals surface area contributed by atoms with Gasteiger partial charge in [-0.1, -0.05) is 38.8 Å².